The van der Waals surface area contributed by atoms with Crippen LogP contribution >= 0.6 is 46.4 Å². The Bertz CT molecular complexity index is 718. The molecule has 0 saturated carbocycles. The SMILES string of the molecule is C.N#Cc1cc(Cl)nnc1Cl.NC(=O)c1cc(Cl)nnc1Cl. The first-order valence-electron chi connectivity index (χ1n) is 4.92. The smallest absolute Gasteiger partial charge is 0.252 e. The van der Waals surface area contributed by atoms with E-state index >= 15 is 0 Å². The highest BCUT2D eigenvalue weighted by Crippen LogP contribution is 2.14. The van der Waals surface area contributed by atoms with Crippen LogP contribution in [0, 0.1) is 11.3 Å². The molecule has 11 heteroatoms. The van der Waals surface area contributed by atoms with Gasteiger partial charge in [0.25, 0.3) is 5.91 Å². The summed E-state index contributed by atoms with van der Waals surface area (Å²) in [6.45, 7) is 0. The Morgan fingerprint density at radius 2 is 1.50 bits per heavy atom. The second kappa shape index (κ2) is 9.33. The predicted molar refractivity (Wildman–Crippen MR) is 84.1 cm³/mol. The Kier molecular flexibility index (Phi) is 8.60. The quantitative estimate of drug-likeness (QED) is 0.810. The van der Waals surface area contributed by atoms with Gasteiger partial charge >= 0.3 is 0 Å². The Morgan fingerprint density at radius 3 is 1.91 bits per heavy atom. The van der Waals surface area contributed by atoms with Gasteiger partial charge in [0.1, 0.15) is 6.07 Å². The van der Waals surface area contributed by atoms with Crippen molar-refractivity contribution in [3.05, 3.63) is 43.9 Å². The number of hydrogen-bond acceptors (Lipinski definition) is 6. The summed E-state index contributed by atoms with van der Waals surface area (Å²) in [4.78, 5) is 10.6. The van der Waals surface area contributed by atoms with E-state index in [2.05, 4.69) is 20.4 Å². The Morgan fingerprint density at radius 1 is 1.00 bits per heavy atom. The summed E-state index contributed by atoms with van der Waals surface area (Å²) >= 11 is 21.7. The lowest BCUT2D eigenvalue weighted by Crippen LogP contribution is -2.12. The van der Waals surface area contributed by atoms with Crippen molar-refractivity contribution in [2.75, 3.05) is 0 Å². The van der Waals surface area contributed by atoms with Gasteiger partial charge in [0.05, 0.1) is 11.1 Å². The van der Waals surface area contributed by atoms with Crippen LogP contribution in [0.15, 0.2) is 12.1 Å². The lowest BCUT2D eigenvalue weighted by atomic mass is 10.3. The molecule has 22 heavy (non-hydrogen) atoms. The molecule has 0 aromatic carbocycles. The molecule has 2 N–H and O–H groups in total. The Labute approximate surface area is 146 Å². The van der Waals surface area contributed by atoms with Gasteiger partial charge in [-0.2, -0.15) is 5.26 Å². The molecule has 7 nitrogen and oxygen atoms in total. The molecule has 0 bridgehead atoms. The topological polar surface area (TPSA) is 118 Å². The van der Waals surface area contributed by atoms with Crippen molar-refractivity contribution in [3.63, 3.8) is 0 Å². The largest absolute Gasteiger partial charge is 0.366 e. The number of carbonyl (C=O) groups excluding carboxylic acids is 1. The van der Waals surface area contributed by atoms with E-state index in [4.69, 9.17) is 57.4 Å². The van der Waals surface area contributed by atoms with E-state index in [1.54, 1.807) is 0 Å². The zero-order chi connectivity index (χ0) is 16.0. The van der Waals surface area contributed by atoms with E-state index in [0.29, 0.717) is 0 Å². The maximum atomic E-state index is 10.6. The second-order valence-corrected chi connectivity index (χ2v) is 4.71. The average molecular weight is 382 g/mol. The van der Waals surface area contributed by atoms with E-state index in [1.807, 2.05) is 6.07 Å². The minimum absolute atomic E-state index is 0. The molecule has 116 valence electrons. The second-order valence-electron chi connectivity index (χ2n) is 3.22. The minimum atomic E-state index is -0.674. The molecule has 0 atom stereocenters. The molecule has 2 heterocycles. The lowest BCUT2D eigenvalue weighted by molar-refractivity contribution is 0.1000. The van der Waals surface area contributed by atoms with Gasteiger partial charge in [-0.25, -0.2) is 0 Å². The predicted octanol–water partition coefficient (Wildman–Crippen LogP) is 3.17. The monoisotopic (exact) mass is 380 g/mol. The highest BCUT2D eigenvalue weighted by molar-refractivity contribution is 6.34. The van der Waals surface area contributed by atoms with Crippen molar-refractivity contribution in [2.45, 2.75) is 7.43 Å². The zero-order valence-corrected chi connectivity index (χ0v) is 12.9. The fraction of sp³-hybridized carbons (Fsp3) is 0.0909. The molecule has 0 aliphatic rings. The number of aromatic nitrogens is 4. The van der Waals surface area contributed by atoms with Gasteiger partial charge in [-0.15, -0.1) is 20.4 Å². The van der Waals surface area contributed by atoms with E-state index in [9.17, 15) is 4.79 Å². The number of nitrogens with two attached hydrogens (primary N) is 1. The molecular weight excluding hydrogens is 374 g/mol. The molecule has 0 aliphatic carbocycles. The molecule has 0 aliphatic heterocycles. The van der Waals surface area contributed by atoms with Gasteiger partial charge in [0.2, 0.25) is 0 Å². The van der Waals surface area contributed by atoms with Crippen LogP contribution in [0.25, 0.3) is 0 Å². The number of nitriles is 1. The first-order chi connectivity index (χ1) is 9.85. The van der Waals surface area contributed by atoms with Crippen LogP contribution in [-0.4, -0.2) is 26.3 Å². The van der Waals surface area contributed by atoms with Crippen LogP contribution in [0.4, 0.5) is 0 Å². The van der Waals surface area contributed by atoms with Crippen LogP contribution in [-0.2, 0) is 0 Å². The molecule has 0 fully saturated rings. The third-order valence-corrected chi connectivity index (χ3v) is 2.75. The van der Waals surface area contributed by atoms with Crippen LogP contribution in [0.1, 0.15) is 23.3 Å². The summed E-state index contributed by atoms with van der Waals surface area (Å²) in [6, 6.07) is 4.44. The highest BCUT2D eigenvalue weighted by atomic mass is 35.5. The van der Waals surface area contributed by atoms with E-state index < -0.39 is 5.91 Å². The molecule has 2 aromatic rings. The first-order valence-corrected chi connectivity index (χ1v) is 6.43. The van der Waals surface area contributed by atoms with Gasteiger partial charge < -0.3 is 5.73 Å². The van der Waals surface area contributed by atoms with E-state index in [0.717, 1.165) is 0 Å². The summed E-state index contributed by atoms with van der Waals surface area (Å²) in [5, 5.41) is 22.3. The number of halogens is 4. The Hall–Kier alpha value is -1.72. The van der Waals surface area contributed by atoms with Crippen LogP contribution in [0.5, 0.6) is 0 Å². The number of rotatable bonds is 1. The van der Waals surface area contributed by atoms with Crippen molar-refractivity contribution >= 4 is 52.3 Å². The maximum Gasteiger partial charge on any atom is 0.252 e. The summed E-state index contributed by atoms with van der Waals surface area (Å²) < 4.78 is 0. The molecule has 0 unspecified atom stereocenters. The number of amides is 1. The minimum Gasteiger partial charge on any atom is -0.366 e. The normalized spacial score (nSPS) is 8.86. The summed E-state index contributed by atoms with van der Waals surface area (Å²) in [5.41, 5.74) is 5.25. The maximum absolute atomic E-state index is 10.6. The van der Waals surface area contributed by atoms with E-state index in [1.165, 1.54) is 12.1 Å². The van der Waals surface area contributed by atoms with Gasteiger partial charge in [-0.3, -0.25) is 4.79 Å². The fourth-order valence-electron chi connectivity index (χ4n) is 0.957. The van der Waals surface area contributed by atoms with Gasteiger partial charge in [-0.1, -0.05) is 53.8 Å². The molecule has 0 radical (unpaired) electrons. The van der Waals surface area contributed by atoms with Crippen molar-refractivity contribution in [2.24, 2.45) is 5.73 Å². The van der Waals surface area contributed by atoms with Crippen molar-refractivity contribution in [1.82, 2.24) is 20.4 Å². The summed E-state index contributed by atoms with van der Waals surface area (Å²) in [7, 11) is 0. The standard InChI is InChI=1S/C5H3Cl2N3O.C5HCl2N3.CH4/c6-3-1-2(5(8)11)4(7)10-9-3;6-4-1-3(2-8)5(7)10-9-4;/h1H,(H2,8,11);1H;1H4. The fourth-order valence-corrected chi connectivity index (χ4v) is 1.57. The zero-order valence-electron chi connectivity index (χ0n) is 9.89. The van der Waals surface area contributed by atoms with Crippen LogP contribution < -0.4 is 5.73 Å². The van der Waals surface area contributed by atoms with Crippen LogP contribution in [0.3, 0.4) is 0 Å². The van der Waals surface area contributed by atoms with Crippen molar-refractivity contribution in [3.8, 4) is 6.07 Å². The van der Waals surface area contributed by atoms with Crippen molar-refractivity contribution < 1.29 is 4.79 Å². The van der Waals surface area contributed by atoms with E-state index in [-0.39, 0.29) is 39.2 Å². The Balaban J connectivity index is 0.000000385. The summed E-state index contributed by atoms with van der Waals surface area (Å²) in [5.74, 6) is -0.674. The summed E-state index contributed by atoms with van der Waals surface area (Å²) in [6.07, 6.45) is 0. The van der Waals surface area contributed by atoms with Crippen LogP contribution in [0.2, 0.25) is 20.6 Å². The highest BCUT2D eigenvalue weighted by Gasteiger charge is 2.08. The molecule has 0 saturated heterocycles. The molecule has 1 amide bonds. The van der Waals surface area contributed by atoms with Crippen molar-refractivity contribution in [1.29, 1.82) is 5.26 Å². The van der Waals surface area contributed by atoms with Gasteiger partial charge in [0.15, 0.2) is 20.6 Å². The van der Waals surface area contributed by atoms with Gasteiger partial charge in [-0.05, 0) is 12.1 Å². The first kappa shape index (κ1) is 20.3. The third-order valence-electron chi connectivity index (χ3n) is 1.82. The number of nitrogens with zero attached hydrogens (tertiary/aromatic N) is 5. The molecular formula is C11H8Cl4N6O. The number of carbonyl (C=O) groups is 1. The molecule has 2 aromatic heterocycles. The number of primary amides is 1. The number of hydrogen-bond donors (Lipinski definition) is 1. The lowest BCUT2D eigenvalue weighted by Gasteiger charge is -1.95. The average Bonchev–Trinajstić information content (AvgIpc) is 2.44. The third kappa shape index (κ3) is 5.95. The molecule has 0 spiro atoms. The molecule has 2 rings (SSSR count). The van der Waals surface area contributed by atoms with Gasteiger partial charge in [0, 0.05) is 0 Å².